The standard InChI is InChI=1S/C9H9ClN2O2S.C7H3Cl2NO2S/c1-12(2)15(13,14)9-4-3-7(6-11)5-8(9)10;8-6-3-5(4-10)1-2-7(6)13(9,11)12/h3-5H,1-2H3;1-3H. The Hall–Kier alpha value is -1.85. The monoisotopic (exact) mass is 479 g/mol. The Labute approximate surface area is 177 Å². The highest BCUT2D eigenvalue weighted by Gasteiger charge is 2.20. The van der Waals surface area contributed by atoms with Gasteiger partial charge in [-0.2, -0.15) is 10.5 Å². The molecule has 0 heterocycles. The molecule has 0 radical (unpaired) electrons. The van der Waals surface area contributed by atoms with E-state index in [9.17, 15) is 16.8 Å². The summed E-state index contributed by atoms with van der Waals surface area (Å²) < 4.78 is 46.2. The van der Waals surface area contributed by atoms with Gasteiger partial charge < -0.3 is 0 Å². The molecule has 0 aromatic heterocycles. The van der Waals surface area contributed by atoms with Gasteiger partial charge in [0.05, 0.1) is 33.3 Å². The zero-order valence-electron chi connectivity index (χ0n) is 14.4. The molecule has 0 fully saturated rings. The first-order valence-corrected chi connectivity index (χ1v) is 11.6. The lowest BCUT2D eigenvalue weighted by atomic mass is 10.2. The van der Waals surface area contributed by atoms with Crippen molar-refractivity contribution in [2.45, 2.75) is 9.79 Å². The molecule has 0 aliphatic carbocycles. The fraction of sp³-hybridized carbons (Fsp3) is 0.125. The predicted octanol–water partition coefficient (Wildman–Crippen LogP) is 3.60. The van der Waals surface area contributed by atoms with Crippen molar-refractivity contribution in [2.75, 3.05) is 14.1 Å². The van der Waals surface area contributed by atoms with Gasteiger partial charge in [-0.3, -0.25) is 0 Å². The maximum absolute atomic E-state index is 11.7. The van der Waals surface area contributed by atoms with Crippen molar-refractivity contribution in [3.05, 3.63) is 57.6 Å². The lowest BCUT2D eigenvalue weighted by Crippen LogP contribution is -2.22. The molecular formula is C16H12Cl3N3O4S2. The largest absolute Gasteiger partial charge is 0.262 e. The van der Waals surface area contributed by atoms with Crippen molar-refractivity contribution in [1.29, 1.82) is 10.5 Å². The number of rotatable bonds is 3. The highest BCUT2D eigenvalue weighted by molar-refractivity contribution is 8.13. The van der Waals surface area contributed by atoms with Gasteiger partial charge in [0.25, 0.3) is 9.05 Å². The van der Waals surface area contributed by atoms with Crippen LogP contribution < -0.4 is 0 Å². The van der Waals surface area contributed by atoms with Gasteiger partial charge in [-0.05, 0) is 36.4 Å². The minimum Gasteiger partial charge on any atom is -0.207 e. The number of nitriles is 2. The number of benzene rings is 2. The Kier molecular flexibility index (Phi) is 8.27. The second-order valence-corrected chi connectivity index (χ2v) is 10.7. The molecule has 12 heteroatoms. The molecule has 0 N–H and O–H groups in total. The van der Waals surface area contributed by atoms with Gasteiger partial charge in [-0.25, -0.2) is 21.1 Å². The highest BCUT2D eigenvalue weighted by Crippen LogP contribution is 2.25. The van der Waals surface area contributed by atoms with Crippen LogP contribution in [0.1, 0.15) is 11.1 Å². The minimum atomic E-state index is -3.83. The van der Waals surface area contributed by atoms with Crippen LogP contribution in [0.4, 0.5) is 0 Å². The molecule has 0 saturated heterocycles. The van der Waals surface area contributed by atoms with E-state index in [4.69, 9.17) is 44.4 Å². The third-order valence-corrected chi connectivity index (χ3v) is 7.25. The third kappa shape index (κ3) is 6.08. The summed E-state index contributed by atoms with van der Waals surface area (Å²) in [4.78, 5) is -0.178. The molecule has 7 nitrogen and oxygen atoms in total. The van der Waals surface area contributed by atoms with Gasteiger partial charge >= 0.3 is 0 Å². The van der Waals surface area contributed by atoms with E-state index in [1.165, 1.54) is 50.5 Å². The summed E-state index contributed by atoms with van der Waals surface area (Å²) in [5, 5.41) is 17.1. The lowest BCUT2D eigenvalue weighted by molar-refractivity contribution is 0.521. The topological polar surface area (TPSA) is 119 Å². The molecule has 28 heavy (non-hydrogen) atoms. The Bertz CT molecular complexity index is 1180. The summed E-state index contributed by atoms with van der Waals surface area (Å²) in [7, 11) is 0.537. The zero-order valence-corrected chi connectivity index (χ0v) is 18.3. The lowest BCUT2D eigenvalue weighted by Gasteiger charge is -2.12. The molecule has 0 aliphatic heterocycles. The number of halogens is 3. The first-order chi connectivity index (χ1) is 12.8. The summed E-state index contributed by atoms with van der Waals surface area (Å²) in [6.45, 7) is 0. The van der Waals surface area contributed by atoms with Gasteiger partial charge in [0.1, 0.15) is 9.79 Å². The summed E-state index contributed by atoms with van der Waals surface area (Å²) >= 11 is 11.4. The second kappa shape index (κ2) is 9.57. The number of hydrogen-bond donors (Lipinski definition) is 0. The molecule has 0 atom stereocenters. The van der Waals surface area contributed by atoms with Gasteiger partial charge in [0.2, 0.25) is 10.0 Å². The number of nitrogens with zero attached hydrogens (tertiary/aromatic N) is 3. The van der Waals surface area contributed by atoms with Crippen LogP contribution in [0.15, 0.2) is 46.2 Å². The van der Waals surface area contributed by atoms with E-state index in [0.29, 0.717) is 5.56 Å². The van der Waals surface area contributed by atoms with Crippen molar-refractivity contribution in [3.8, 4) is 12.1 Å². The molecule has 0 aliphatic rings. The Morgan fingerprint density at radius 3 is 1.50 bits per heavy atom. The Morgan fingerprint density at radius 2 is 1.21 bits per heavy atom. The summed E-state index contributed by atoms with van der Waals surface area (Å²) in [5.74, 6) is 0. The molecule has 0 spiro atoms. The molecule has 2 aromatic rings. The summed E-state index contributed by atoms with van der Waals surface area (Å²) in [6.07, 6.45) is 0. The third-order valence-electron chi connectivity index (χ3n) is 3.14. The molecule has 0 saturated carbocycles. The van der Waals surface area contributed by atoms with Crippen LogP contribution in [0.2, 0.25) is 10.0 Å². The molecule has 0 bridgehead atoms. The number of sulfonamides is 1. The van der Waals surface area contributed by atoms with Gasteiger partial charge in [-0.1, -0.05) is 23.2 Å². The van der Waals surface area contributed by atoms with E-state index in [2.05, 4.69) is 0 Å². The Balaban J connectivity index is 0.000000283. The second-order valence-electron chi connectivity index (χ2n) is 5.24. The predicted molar refractivity (Wildman–Crippen MR) is 106 cm³/mol. The minimum absolute atomic E-state index is 0.00756. The normalized spacial score (nSPS) is 11.1. The van der Waals surface area contributed by atoms with Gasteiger partial charge in [-0.15, -0.1) is 0 Å². The van der Waals surface area contributed by atoms with Crippen molar-refractivity contribution in [3.63, 3.8) is 0 Å². The quantitative estimate of drug-likeness (QED) is 0.619. The first-order valence-electron chi connectivity index (χ1n) is 7.11. The van der Waals surface area contributed by atoms with Crippen LogP contribution in [-0.4, -0.2) is 35.2 Å². The SMILES string of the molecule is CN(C)S(=O)(=O)c1ccc(C#N)cc1Cl.N#Cc1ccc(S(=O)(=O)Cl)c(Cl)c1. The van der Waals surface area contributed by atoms with Gasteiger partial charge in [0.15, 0.2) is 0 Å². The average molecular weight is 481 g/mol. The van der Waals surface area contributed by atoms with Gasteiger partial charge in [0, 0.05) is 24.8 Å². The van der Waals surface area contributed by atoms with Crippen molar-refractivity contribution in [1.82, 2.24) is 4.31 Å². The zero-order chi connectivity index (χ0) is 21.7. The smallest absolute Gasteiger partial charge is 0.207 e. The fourth-order valence-electron chi connectivity index (χ4n) is 1.74. The van der Waals surface area contributed by atoms with E-state index in [1.54, 1.807) is 0 Å². The van der Waals surface area contributed by atoms with E-state index < -0.39 is 19.1 Å². The molecular weight excluding hydrogens is 469 g/mol. The molecule has 2 rings (SSSR count). The van der Waals surface area contributed by atoms with Crippen LogP contribution in [0.3, 0.4) is 0 Å². The summed E-state index contributed by atoms with van der Waals surface area (Å²) in [5.41, 5.74) is 0.617. The highest BCUT2D eigenvalue weighted by atomic mass is 35.7. The molecule has 0 unspecified atom stereocenters. The number of hydrogen-bond acceptors (Lipinski definition) is 6. The van der Waals surface area contributed by atoms with E-state index >= 15 is 0 Å². The summed E-state index contributed by atoms with van der Waals surface area (Å²) in [6, 6.07) is 11.6. The Morgan fingerprint density at radius 1 is 0.821 bits per heavy atom. The van der Waals surface area contributed by atoms with Crippen molar-refractivity contribution >= 4 is 53.0 Å². The van der Waals surface area contributed by atoms with Crippen LogP contribution in [-0.2, 0) is 19.1 Å². The average Bonchev–Trinajstić information content (AvgIpc) is 2.60. The molecule has 2 aromatic carbocycles. The fourth-order valence-corrected chi connectivity index (χ4v) is 4.69. The maximum atomic E-state index is 11.7. The van der Waals surface area contributed by atoms with E-state index in [1.807, 2.05) is 12.1 Å². The molecule has 148 valence electrons. The van der Waals surface area contributed by atoms with Crippen LogP contribution in [0, 0.1) is 22.7 Å². The maximum Gasteiger partial charge on any atom is 0.262 e. The van der Waals surface area contributed by atoms with Crippen LogP contribution >= 0.6 is 33.9 Å². The van der Waals surface area contributed by atoms with Crippen LogP contribution in [0.25, 0.3) is 0 Å². The van der Waals surface area contributed by atoms with Crippen LogP contribution in [0.5, 0.6) is 0 Å². The van der Waals surface area contributed by atoms with Crippen molar-refractivity contribution < 1.29 is 16.8 Å². The van der Waals surface area contributed by atoms with E-state index in [0.717, 1.165) is 4.31 Å². The van der Waals surface area contributed by atoms with Crippen molar-refractivity contribution in [2.24, 2.45) is 0 Å². The van der Waals surface area contributed by atoms with E-state index in [-0.39, 0.29) is 25.4 Å². The first kappa shape index (κ1) is 24.2. The molecule has 0 amide bonds.